The molecule has 8 heteroatoms. The molecule has 2 fully saturated rings. The van der Waals surface area contributed by atoms with Crippen molar-refractivity contribution in [2.45, 2.75) is 52.0 Å². The fourth-order valence-corrected chi connectivity index (χ4v) is 4.20. The molecule has 0 spiro atoms. The van der Waals surface area contributed by atoms with Crippen molar-refractivity contribution >= 4 is 35.8 Å². The van der Waals surface area contributed by atoms with Gasteiger partial charge in [-0.1, -0.05) is 25.0 Å². The lowest BCUT2D eigenvalue weighted by atomic mass is 10.0. The number of hydrogen-bond acceptors (Lipinski definition) is 4. The largest absolute Gasteiger partial charge is 0.493 e. The number of carbonyl (C=O) groups excluding carboxylic acids is 1. The predicted octanol–water partition coefficient (Wildman–Crippen LogP) is 3.39. The van der Waals surface area contributed by atoms with Crippen LogP contribution in [0.15, 0.2) is 23.2 Å². The monoisotopic (exact) mass is 558 g/mol. The van der Waals surface area contributed by atoms with Gasteiger partial charge in [0.2, 0.25) is 5.91 Å². The molecule has 180 valence electrons. The summed E-state index contributed by atoms with van der Waals surface area (Å²) in [5.74, 6) is 2.83. The first-order chi connectivity index (χ1) is 15.1. The number of ether oxygens (including phenoxy) is 2. The standard InChI is InChI=1S/C24H38N4O3.HI/c1-18-7-8-21(22(13-18)31-17-20-9-12-30-16-20)15-28-24(25-2)27-11-10-26-23(29)14-19-5-3-4-6-19;/h7-8,13,19-20H,3-6,9-12,14-17H2,1-2H3,(H,26,29)(H2,25,27,28);1H. The van der Waals surface area contributed by atoms with Crippen LogP contribution >= 0.6 is 24.0 Å². The lowest BCUT2D eigenvalue weighted by Gasteiger charge is -2.17. The van der Waals surface area contributed by atoms with E-state index < -0.39 is 0 Å². The molecule has 1 aromatic carbocycles. The van der Waals surface area contributed by atoms with Crippen LogP contribution in [0.1, 0.15) is 49.7 Å². The van der Waals surface area contributed by atoms with E-state index in [1.165, 1.54) is 31.2 Å². The zero-order valence-electron chi connectivity index (χ0n) is 19.5. The second kappa shape index (κ2) is 14.6. The van der Waals surface area contributed by atoms with Gasteiger partial charge in [-0.15, -0.1) is 24.0 Å². The molecule has 1 amide bonds. The molecular weight excluding hydrogens is 519 g/mol. The van der Waals surface area contributed by atoms with Crippen LogP contribution in [0.2, 0.25) is 0 Å². The summed E-state index contributed by atoms with van der Waals surface area (Å²) >= 11 is 0. The molecule has 3 rings (SSSR count). The first-order valence-electron chi connectivity index (χ1n) is 11.7. The Morgan fingerprint density at radius 2 is 1.91 bits per heavy atom. The average Bonchev–Trinajstić information content (AvgIpc) is 3.47. The number of aryl methyl sites for hydroxylation is 1. The second-order valence-corrected chi connectivity index (χ2v) is 8.71. The van der Waals surface area contributed by atoms with E-state index in [0.717, 1.165) is 30.9 Å². The number of aliphatic imine (C=N–C) groups is 1. The van der Waals surface area contributed by atoms with Crippen molar-refractivity contribution in [2.75, 3.05) is 40.0 Å². The summed E-state index contributed by atoms with van der Waals surface area (Å²) in [6.07, 6.45) is 6.65. The first kappa shape index (κ1) is 26.7. The normalized spacial score (nSPS) is 18.8. The van der Waals surface area contributed by atoms with Gasteiger partial charge in [0.05, 0.1) is 13.2 Å². The van der Waals surface area contributed by atoms with Gasteiger partial charge in [-0.3, -0.25) is 9.79 Å². The number of halogens is 1. The van der Waals surface area contributed by atoms with Gasteiger partial charge in [0, 0.05) is 51.2 Å². The van der Waals surface area contributed by atoms with Gasteiger partial charge in [0.15, 0.2) is 5.96 Å². The minimum Gasteiger partial charge on any atom is -0.493 e. The van der Waals surface area contributed by atoms with Gasteiger partial charge in [-0.25, -0.2) is 0 Å². The molecule has 0 bridgehead atoms. The summed E-state index contributed by atoms with van der Waals surface area (Å²) in [6, 6.07) is 6.28. The number of amides is 1. The zero-order chi connectivity index (χ0) is 21.9. The summed E-state index contributed by atoms with van der Waals surface area (Å²) in [5.41, 5.74) is 2.27. The van der Waals surface area contributed by atoms with Crippen molar-refractivity contribution < 1.29 is 14.3 Å². The van der Waals surface area contributed by atoms with Gasteiger partial charge < -0.3 is 25.4 Å². The number of nitrogens with zero attached hydrogens (tertiary/aromatic N) is 1. The number of carbonyl (C=O) groups is 1. The Kier molecular flexibility index (Phi) is 12.2. The van der Waals surface area contributed by atoms with Crippen LogP contribution in [-0.2, 0) is 16.1 Å². The van der Waals surface area contributed by atoms with E-state index in [1.807, 2.05) is 0 Å². The molecule has 1 unspecified atom stereocenters. The minimum absolute atomic E-state index is 0. The van der Waals surface area contributed by atoms with Crippen LogP contribution in [0.3, 0.4) is 0 Å². The van der Waals surface area contributed by atoms with Crippen molar-refractivity contribution in [3.63, 3.8) is 0 Å². The Bertz CT molecular complexity index is 732. The van der Waals surface area contributed by atoms with E-state index in [2.05, 4.69) is 46.1 Å². The van der Waals surface area contributed by atoms with Crippen LogP contribution < -0.4 is 20.7 Å². The second-order valence-electron chi connectivity index (χ2n) is 8.71. The van der Waals surface area contributed by atoms with Gasteiger partial charge in [0.1, 0.15) is 5.75 Å². The van der Waals surface area contributed by atoms with Gasteiger partial charge in [-0.05, 0) is 43.7 Å². The number of rotatable bonds is 10. The first-order valence-corrected chi connectivity index (χ1v) is 11.7. The fourth-order valence-electron chi connectivity index (χ4n) is 4.20. The van der Waals surface area contributed by atoms with E-state index in [1.54, 1.807) is 7.05 Å². The van der Waals surface area contributed by atoms with E-state index >= 15 is 0 Å². The Morgan fingerprint density at radius 3 is 2.62 bits per heavy atom. The van der Waals surface area contributed by atoms with Crippen molar-refractivity contribution in [3.8, 4) is 5.75 Å². The lowest BCUT2D eigenvalue weighted by Crippen LogP contribution is -2.41. The fraction of sp³-hybridized carbons (Fsp3) is 0.667. The molecule has 1 heterocycles. The maximum atomic E-state index is 12.0. The quantitative estimate of drug-likeness (QED) is 0.178. The van der Waals surface area contributed by atoms with E-state index in [4.69, 9.17) is 9.47 Å². The number of guanidine groups is 1. The van der Waals surface area contributed by atoms with E-state index in [0.29, 0.717) is 50.5 Å². The summed E-state index contributed by atoms with van der Waals surface area (Å²) < 4.78 is 11.6. The maximum absolute atomic E-state index is 12.0. The highest BCUT2D eigenvalue weighted by Crippen LogP contribution is 2.27. The molecule has 32 heavy (non-hydrogen) atoms. The van der Waals surface area contributed by atoms with Gasteiger partial charge in [-0.2, -0.15) is 0 Å². The Morgan fingerprint density at radius 1 is 1.12 bits per heavy atom. The number of nitrogens with one attached hydrogen (secondary N) is 3. The Balaban J connectivity index is 0.00000363. The number of hydrogen-bond donors (Lipinski definition) is 3. The Hall–Kier alpha value is -1.55. The molecule has 0 radical (unpaired) electrons. The molecule has 1 aliphatic heterocycles. The van der Waals surface area contributed by atoms with Crippen molar-refractivity contribution in [1.82, 2.24) is 16.0 Å². The zero-order valence-corrected chi connectivity index (χ0v) is 21.8. The third-order valence-corrected chi connectivity index (χ3v) is 6.08. The summed E-state index contributed by atoms with van der Waals surface area (Å²) in [5, 5.41) is 9.61. The smallest absolute Gasteiger partial charge is 0.220 e. The van der Waals surface area contributed by atoms with Gasteiger partial charge >= 0.3 is 0 Å². The van der Waals surface area contributed by atoms with Gasteiger partial charge in [0.25, 0.3) is 0 Å². The van der Waals surface area contributed by atoms with Crippen molar-refractivity contribution in [3.05, 3.63) is 29.3 Å². The maximum Gasteiger partial charge on any atom is 0.220 e. The topological polar surface area (TPSA) is 84.0 Å². The average molecular weight is 559 g/mol. The van der Waals surface area contributed by atoms with Crippen molar-refractivity contribution in [2.24, 2.45) is 16.8 Å². The van der Waals surface area contributed by atoms with Crippen LogP contribution in [0, 0.1) is 18.8 Å². The minimum atomic E-state index is 0. The highest BCUT2D eigenvalue weighted by Gasteiger charge is 2.18. The molecule has 0 aromatic heterocycles. The molecule has 1 saturated carbocycles. The number of benzene rings is 1. The molecule has 7 nitrogen and oxygen atoms in total. The van der Waals surface area contributed by atoms with Crippen LogP contribution in [-0.4, -0.2) is 51.8 Å². The lowest BCUT2D eigenvalue weighted by molar-refractivity contribution is -0.121. The third-order valence-electron chi connectivity index (χ3n) is 6.08. The molecule has 1 atom stereocenters. The SMILES string of the molecule is CN=C(NCCNC(=O)CC1CCCC1)NCc1ccc(C)cc1OCC1CCOC1.I. The molecule has 1 saturated heterocycles. The van der Waals surface area contributed by atoms with Crippen LogP contribution in [0.5, 0.6) is 5.75 Å². The third kappa shape index (κ3) is 9.13. The summed E-state index contributed by atoms with van der Waals surface area (Å²) in [4.78, 5) is 16.3. The molecule has 1 aliphatic carbocycles. The highest BCUT2D eigenvalue weighted by atomic mass is 127. The summed E-state index contributed by atoms with van der Waals surface area (Å²) in [6.45, 7) is 6.22. The van der Waals surface area contributed by atoms with Crippen LogP contribution in [0.25, 0.3) is 0 Å². The van der Waals surface area contributed by atoms with Crippen molar-refractivity contribution in [1.29, 1.82) is 0 Å². The highest BCUT2D eigenvalue weighted by molar-refractivity contribution is 14.0. The molecule has 3 N–H and O–H groups in total. The van der Waals surface area contributed by atoms with Crippen LogP contribution in [0.4, 0.5) is 0 Å². The molecular formula is C24H39IN4O3. The summed E-state index contributed by atoms with van der Waals surface area (Å²) in [7, 11) is 1.75. The predicted molar refractivity (Wildman–Crippen MR) is 139 cm³/mol. The molecule has 1 aromatic rings. The Labute approximate surface area is 209 Å². The molecule has 2 aliphatic rings. The van der Waals surface area contributed by atoms with E-state index in [9.17, 15) is 4.79 Å². The van der Waals surface area contributed by atoms with E-state index in [-0.39, 0.29) is 29.9 Å².